The monoisotopic (exact) mass is 329 g/mol. The van der Waals surface area contributed by atoms with E-state index >= 15 is 0 Å². The quantitative estimate of drug-likeness (QED) is 0.726. The van der Waals surface area contributed by atoms with Crippen LogP contribution in [-0.4, -0.2) is 21.0 Å². The first-order valence-corrected chi connectivity index (χ1v) is 6.31. The van der Waals surface area contributed by atoms with Crippen molar-refractivity contribution in [2.24, 2.45) is 0 Å². The van der Waals surface area contributed by atoms with Crippen molar-refractivity contribution in [3.63, 3.8) is 0 Å². The van der Waals surface area contributed by atoms with E-state index in [1.807, 2.05) is 0 Å². The molecule has 9 heteroatoms. The van der Waals surface area contributed by atoms with Gasteiger partial charge in [-0.1, -0.05) is 11.6 Å². The van der Waals surface area contributed by atoms with Gasteiger partial charge in [-0.25, -0.2) is 4.98 Å². The molecule has 3 rings (SSSR count). The van der Waals surface area contributed by atoms with Crippen LogP contribution in [0.4, 0.5) is 13.2 Å². The van der Waals surface area contributed by atoms with Crippen molar-refractivity contribution < 1.29 is 22.6 Å². The molecule has 0 aliphatic carbocycles. The average molecular weight is 330 g/mol. The fourth-order valence-corrected chi connectivity index (χ4v) is 1.96. The summed E-state index contributed by atoms with van der Waals surface area (Å²) in [5.41, 5.74) is 0.486. The van der Waals surface area contributed by atoms with Crippen LogP contribution in [-0.2, 0) is 0 Å². The molecule has 1 aromatic carbocycles. The standard InChI is InChI=1S/C13H7ClF3N3O2/c14-8-5-11-18-7-19-20(11)12(6-8)21-9-1-3-10(4-2-9)22-13(15,16)17/h1-7H. The summed E-state index contributed by atoms with van der Waals surface area (Å²) in [4.78, 5) is 3.98. The minimum Gasteiger partial charge on any atom is -0.439 e. The van der Waals surface area contributed by atoms with Crippen molar-refractivity contribution in [1.29, 1.82) is 0 Å². The molecule has 0 fully saturated rings. The van der Waals surface area contributed by atoms with E-state index in [9.17, 15) is 13.2 Å². The van der Waals surface area contributed by atoms with Crippen LogP contribution in [0.2, 0.25) is 5.02 Å². The van der Waals surface area contributed by atoms with Gasteiger partial charge >= 0.3 is 6.36 Å². The van der Waals surface area contributed by atoms with Crippen molar-refractivity contribution >= 4 is 17.2 Å². The minimum absolute atomic E-state index is 0.282. The van der Waals surface area contributed by atoms with E-state index < -0.39 is 6.36 Å². The first kappa shape index (κ1) is 14.5. The summed E-state index contributed by atoms with van der Waals surface area (Å²) in [6.07, 6.45) is -3.40. The Morgan fingerprint density at radius 2 is 1.73 bits per heavy atom. The van der Waals surface area contributed by atoms with Gasteiger partial charge in [0.05, 0.1) is 0 Å². The van der Waals surface area contributed by atoms with Crippen molar-refractivity contribution in [1.82, 2.24) is 14.6 Å². The molecule has 0 atom stereocenters. The van der Waals surface area contributed by atoms with Gasteiger partial charge in [-0.3, -0.25) is 0 Å². The van der Waals surface area contributed by atoms with Gasteiger partial charge in [0.15, 0.2) is 5.65 Å². The lowest BCUT2D eigenvalue weighted by atomic mass is 10.3. The summed E-state index contributed by atoms with van der Waals surface area (Å²) in [6, 6.07) is 8.08. The average Bonchev–Trinajstić information content (AvgIpc) is 2.87. The van der Waals surface area contributed by atoms with Gasteiger partial charge in [-0.15, -0.1) is 13.2 Å². The number of ether oxygens (including phenoxy) is 2. The smallest absolute Gasteiger partial charge is 0.439 e. The zero-order chi connectivity index (χ0) is 15.7. The van der Waals surface area contributed by atoms with Crippen LogP contribution >= 0.6 is 11.6 Å². The van der Waals surface area contributed by atoms with E-state index in [2.05, 4.69) is 14.8 Å². The Kier molecular flexibility index (Phi) is 3.53. The third kappa shape index (κ3) is 3.22. The van der Waals surface area contributed by atoms with Crippen molar-refractivity contribution in [2.45, 2.75) is 6.36 Å². The summed E-state index contributed by atoms with van der Waals surface area (Å²) < 4.78 is 47.0. The Balaban J connectivity index is 1.84. The summed E-state index contributed by atoms with van der Waals surface area (Å²) >= 11 is 5.94. The van der Waals surface area contributed by atoms with Crippen molar-refractivity contribution in [2.75, 3.05) is 0 Å². The van der Waals surface area contributed by atoms with Crippen molar-refractivity contribution in [3.8, 4) is 17.4 Å². The molecular weight excluding hydrogens is 323 g/mol. The Labute approximate surface area is 126 Å². The topological polar surface area (TPSA) is 48.7 Å². The van der Waals surface area contributed by atoms with Gasteiger partial charge in [0, 0.05) is 17.2 Å². The number of benzene rings is 1. The van der Waals surface area contributed by atoms with Gasteiger partial charge in [0.1, 0.15) is 17.8 Å². The molecule has 2 aromatic heterocycles. The minimum atomic E-state index is -4.73. The molecule has 0 unspecified atom stereocenters. The number of hydrogen-bond acceptors (Lipinski definition) is 4. The Bertz CT molecular complexity index is 802. The van der Waals surface area contributed by atoms with E-state index in [1.54, 1.807) is 6.07 Å². The highest BCUT2D eigenvalue weighted by molar-refractivity contribution is 6.31. The molecule has 22 heavy (non-hydrogen) atoms. The third-order valence-corrected chi connectivity index (χ3v) is 2.81. The van der Waals surface area contributed by atoms with Crippen LogP contribution in [0.1, 0.15) is 0 Å². The number of hydrogen-bond donors (Lipinski definition) is 0. The van der Waals surface area contributed by atoms with Gasteiger partial charge in [-0.05, 0) is 24.3 Å². The van der Waals surface area contributed by atoms with E-state index in [0.717, 1.165) is 12.1 Å². The van der Waals surface area contributed by atoms with E-state index in [-0.39, 0.29) is 11.6 Å². The van der Waals surface area contributed by atoms with Gasteiger partial charge in [0.2, 0.25) is 5.88 Å². The van der Waals surface area contributed by atoms with Crippen molar-refractivity contribution in [3.05, 3.63) is 47.7 Å². The zero-order valence-electron chi connectivity index (χ0n) is 10.7. The second-order valence-electron chi connectivity index (χ2n) is 4.16. The summed E-state index contributed by atoms with van der Waals surface area (Å²) in [7, 11) is 0. The van der Waals surface area contributed by atoms with Crippen LogP contribution in [0.3, 0.4) is 0 Å². The third-order valence-electron chi connectivity index (χ3n) is 2.59. The molecule has 0 spiro atoms. The number of alkyl halides is 3. The maximum Gasteiger partial charge on any atom is 0.573 e. The fraction of sp³-hybridized carbons (Fsp3) is 0.0769. The zero-order valence-corrected chi connectivity index (χ0v) is 11.5. The van der Waals surface area contributed by atoms with Gasteiger partial charge in [-0.2, -0.15) is 9.61 Å². The molecule has 0 saturated carbocycles. The SMILES string of the molecule is FC(F)(F)Oc1ccc(Oc2cc(Cl)cc3ncnn23)cc1. The number of rotatable bonds is 3. The Morgan fingerprint density at radius 1 is 1.05 bits per heavy atom. The fourth-order valence-electron chi connectivity index (χ4n) is 1.77. The molecule has 0 aliphatic rings. The highest BCUT2D eigenvalue weighted by atomic mass is 35.5. The van der Waals surface area contributed by atoms with Gasteiger partial charge in [0.25, 0.3) is 0 Å². The molecule has 0 radical (unpaired) electrons. The second-order valence-corrected chi connectivity index (χ2v) is 4.60. The molecule has 0 saturated heterocycles. The normalized spacial score (nSPS) is 11.6. The lowest BCUT2D eigenvalue weighted by Crippen LogP contribution is -2.16. The highest BCUT2D eigenvalue weighted by Crippen LogP contribution is 2.28. The van der Waals surface area contributed by atoms with Crippen LogP contribution in [0, 0.1) is 0 Å². The maximum absolute atomic E-state index is 12.1. The molecule has 3 aromatic rings. The number of pyridine rings is 1. The van der Waals surface area contributed by atoms with Gasteiger partial charge < -0.3 is 9.47 Å². The van der Waals surface area contributed by atoms with E-state index in [4.69, 9.17) is 16.3 Å². The maximum atomic E-state index is 12.1. The molecule has 5 nitrogen and oxygen atoms in total. The lowest BCUT2D eigenvalue weighted by Gasteiger charge is -2.10. The van der Waals surface area contributed by atoms with Crippen LogP contribution in [0.25, 0.3) is 5.65 Å². The van der Waals surface area contributed by atoms with Crippen LogP contribution in [0.5, 0.6) is 17.4 Å². The number of fused-ring (bicyclic) bond motifs is 1. The second kappa shape index (κ2) is 5.38. The first-order chi connectivity index (χ1) is 10.4. The number of nitrogens with zero attached hydrogens (tertiary/aromatic N) is 3. The van der Waals surface area contributed by atoms with Crippen LogP contribution < -0.4 is 9.47 Å². The molecule has 0 aliphatic heterocycles. The molecule has 114 valence electrons. The first-order valence-electron chi connectivity index (χ1n) is 5.94. The summed E-state index contributed by atoms with van der Waals surface area (Å²) in [6.45, 7) is 0. The molecule has 0 N–H and O–H groups in total. The molecular formula is C13H7ClF3N3O2. The lowest BCUT2D eigenvalue weighted by molar-refractivity contribution is -0.274. The summed E-state index contributed by atoms with van der Waals surface area (Å²) in [5.74, 6) is 0.245. The molecule has 2 heterocycles. The van der Waals surface area contributed by atoms with E-state index in [0.29, 0.717) is 16.4 Å². The van der Waals surface area contributed by atoms with E-state index in [1.165, 1.54) is 29.0 Å². The largest absolute Gasteiger partial charge is 0.573 e. The molecule has 0 bridgehead atoms. The molecule has 0 amide bonds. The van der Waals surface area contributed by atoms with Crippen LogP contribution in [0.15, 0.2) is 42.7 Å². The summed E-state index contributed by atoms with van der Waals surface area (Å²) in [5, 5.41) is 4.37. The Hall–Kier alpha value is -2.48. The highest BCUT2D eigenvalue weighted by Gasteiger charge is 2.30. The number of halogens is 4. The predicted molar refractivity (Wildman–Crippen MR) is 71.2 cm³/mol. The predicted octanol–water partition coefficient (Wildman–Crippen LogP) is 4.07. The Morgan fingerprint density at radius 3 is 2.41 bits per heavy atom. The number of aromatic nitrogens is 3.